The van der Waals surface area contributed by atoms with E-state index in [1.807, 2.05) is 42.5 Å². The van der Waals surface area contributed by atoms with E-state index in [0.29, 0.717) is 0 Å². The quantitative estimate of drug-likeness (QED) is 0.795. The van der Waals surface area contributed by atoms with E-state index in [0.717, 1.165) is 24.2 Å². The van der Waals surface area contributed by atoms with Crippen LogP contribution in [0.2, 0.25) is 0 Å². The molecule has 2 aromatic rings. The van der Waals surface area contributed by atoms with Gasteiger partial charge in [0.2, 0.25) is 0 Å². The number of carbonyl (C=O) groups excluding carboxylic acids is 1. The van der Waals surface area contributed by atoms with Crippen LogP contribution in [-0.4, -0.2) is 19.1 Å². The molecule has 0 spiro atoms. The first-order valence-corrected chi connectivity index (χ1v) is 7.12. The normalized spacial score (nSPS) is 13.6. The molecule has 0 saturated carbocycles. The minimum absolute atomic E-state index is 0.166. The first-order valence-electron chi connectivity index (χ1n) is 7.12. The predicted molar refractivity (Wildman–Crippen MR) is 80.8 cm³/mol. The van der Waals surface area contributed by atoms with Gasteiger partial charge < -0.3 is 9.15 Å². The Balaban J connectivity index is 1.96. The fourth-order valence-electron chi connectivity index (χ4n) is 2.25. The van der Waals surface area contributed by atoms with Crippen molar-refractivity contribution in [3.63, 3.8) is 0 Å². The second-order valence-corrected chi connectivity index (χ2v) is 5.05. The first kappa shape index (κ1) is 15.3. The van der Waals surface area contributed by atoms with Gasteiger partial charge in [-0.1, -0.05) is 30.3 Å². The van der Waals surface area contributed by atoms with E-state index in [4.69, 9.17) is 9.15 Å². The smallest absolute Gasteiger partial charge is 0.327 e. The van der Waals surface area contributed by atoms with Crippen molar-refractivity contribution in [1.29, 1.82) is 0 Å². The van der Waals surface area contributed by atoms with Gasteiger partial charge in [-0.25, -0.2) is 4.79 Å². The highest BCUT2D eigenvalue weighted by molar-refractivity contribution is 5.77. The van der Waals surface area contributed by atoms with Gasteiger partial charge in [0.1, 0.15) is 11.8 Å². The van der Waals surface area contributed by atoms with Crippen molar-refractivity contribution in [2.45, 2.75) is 31.8 Å². The Morgan fingerprint density at radius 1 is 1.24 bits per heavy atom. The highest BCUT2D eigenvalue weighted by Crippen LogP contribution is 2.16. The summed E-state index contributed by atoms with van der Waals surface area (Å²) in [6.45, 7) is 2.06. The summed E-state index contributed by atoms with van der Waals surface area (Å²) in [6, 6.07) is 13.2. The third-order valence-corrected chi connectivity index (χ3v) is 3.42. The van der Waals surface area contributed by atoms with Crippen molar-refractivity contribution in [2.24, 2.45) is 0 Å². The third-order valence-electron chi connectivity index (χ3n) is 3.42. The molecule has 4 nitrogen and oxygen atoms in total. The van der Waals surface area contributed by atoms with Crippen molar-refractivity contribution in [2.75, 3.05) is 7.11 Å². The molecule has 0 aliphatic rings. The van der Waals surface area contributed by atoms with Crippen LogP contribution in [-0.2, 0) is 16.0 Å². The molecule has 2 rings (SSSR count). The summed E-state index contributed by atoms with van der Waals surface area (Å²) in [5, 5.41) is 3.33. The van der Waals surface area contributed by atoms with Crippen LogP contribution in [0.4, 0.5) is 0 Å². The Morgan fingerprint density at radius 3 is 2.62 bits per heavy atom. The number of aryl methyl sites for hydroxylation is 1. The summed E-state index contributed by atoms with van der Waals surface area (Å²) < 4.78 is 10.2. The molecule has 112 valence electrons. The number of nitrogens with one attached hydrogen (secondary N) is 1. The lowest BCUT2D eigenvalue weighted by molar-refractivity contribution is -0.143. The molecule has 4 heteroatoms. The zero-order valence-electron chi connectivity index (χ0n) is 12.4. The van der Waals surface area contributed by atoms with Gasteiger partial charge in [-0.3, -0.25) is 5.32 Å². The van der Waals surface area contributed by atoms with Crippen molar-refractivity contribution in [3.05, 3.63) is 60.1 Å². The molecular weight excluding hydrogens is 266 g/mol. The number of furan rings is 1. The summed E-state index contributed by atoms with van der Waals surface area (Å²) in [6.07, 6.45) is 3.40. The highest BCUT2D eigenvalue weighted by atomic mass is 16.5. The van der Waals surface area contributed by atoms with E-state index in [2.05, 4.69) is 12.2 Å². The molecule has 0 aliphatic carbocycles. The second kappa shape index (κ2) is 7.64. The molecule has 0 amide bonds. The van der Waals surface area contributed by atoms with Crippen LogP contribution in [0.5, 0.6) is 0 Å². The van der Waals surface area contributed by atoms with Crippen LogP contribution in [0.25, 0.3) is 0 Å². The summed E-state index contributed by atoms with van der Waals surface area (Å²) in [7, 11) is 1.41. The Kier molecular flexibility index (Phi) is 5.58. The number of esters is 1. The van der Waals surface area contributed by atoms with Gasteiger partial charge in [-0.05, 0) is 31.0 Å². The zero-order valence-corrected chi connectivity index (χ0v) is 12.4. The number of ether oxygens (including phenoxy) is 1. The molecular formula is C17H21NO3. The molecule has 2 atom stereocenters. The minimum atomic E-state index is -0.442. The molecule has 0 bridgehead atoms. The summed E-state index contributed by atoms with van der Waals surface area (Å²) in [5.41, 5.74) is 0.911. The third kappa shape index (κ3) is 4.46. The van der Waals surface area contributed by atoms with E-state index in [1.54, 1.807) is 6.26 Å². The average molecular weight is 287 g/mol. The largest absolute Gasteiger partial charge is 0.469 e. The summed E-state index contributed by atoms with van der Waals surface area (Å²) >= 11 is 0. The minimum Gasteiger partial charge on any atom is -0.469 e. The molecule has 2 unspecified atom stereocenters. The maximum atomic E-state index is 12.0. The number of hydrogen-bond acceptors (Lipinski definition) is 4. The molecule has 1 aromatic carbocycles. The summed E-state index contributed by atoms with van der Waals surface area (Å²) in [5.74, 6) is 0.684. The lowest BCUT2D eigenvalue weighted by Crippen LogP contribution is -2.36. The SMILES string of the molecule is COC(=O)C(NC(C)CCc1ccco1)c1ccccc1. The van der Waals surface area contributed by atoms with Crippen molar-refractivity contribution in [3.8, 4) is 0 Å². The Hall–Kier alpha value is -2.07. The lowest BCUT2D eigenvalue weighted by Gasteiger charge is -2.21. The topological polar surface area (TPSA) is 51.5 Å². The van der Waals surface area contributed by atoms with E-state index in [9.17, 15) is 4.79 Å². The van der Waals surface area contributed by atoms with Gasteiger partial charge in [0.25, 0.3) is 0 Å². The van der Waals surface area contributed by atoms with Crippen LogP contribution in [0.15, 0.2) is 53.1 Å². The number of methoxy groups -OCH3 is 1. The lowest BCUT2D eigenvalue weighted by atomic mass is 10.0. The van der Waals surface area contributed by atoms with Crippen LogP contribution in [0, 0.1) is 0 Å². The van der Waals surface area contributed by atoms with Gasteiger partial charge in [-0.15, -0.1) is 0 Å². The van der Waals surface area contributed by atoms with E-state index < -0.39 is 6.04 Å². The van der Waals surface area contributed by atoms with E-state index >= 15 is 0 Å². The monoisotopic (exact) mass is 287 g/mol. The van der Waals surface area contributed by atoms with Crippen molar-refractivity contribution >= 4 is 5.97 Å². The molecule has 21 heavy (non-hydrogen) atoms. The molecule has 0 radical (unpaired) electrons. The maximum absolute atomic E-state index is 12.0. The average Bonchev–Trinajstić information content (AvgIpc) is 3.04. The maximum Gasteiger partial charge on any atom is 0.327 e. The van der Waals surface area contributed by atoms with Crippen molar-refractivity contribution in [1.82, 2.24) is 5.32 Å². The fourth-order valence-corrected chi connectivity index (χ4v) is 2.25. The molecule has 1 aromatic heterocycles. The Bertz CT molecular complexity index is 536. The molecule has 0 saturated heterocycles. The van der Waals surface area contributed by atoms with Crippen LogP contribution in [0.3, 0.4) is 0 Å². The predicted octanol–water partition coefficient (Wildman–Crippen LogP) is 3.10. The van der Waals surface area contributed by atoms with Gasteiger partial charge in [0.05, 0.1) is 13.4 Å². The van der Waals surface area contributed by atoms with E-state index in [-0.39, 0.29) is 12.0 Å². The van der Waals surface area contributed by atoms with Crippen LogP contribution >= 0.6 is 0 Å². The van der Waals surface area contributed by atoms with Gasteiger partial charge in [-0.2, -0.15) is 0 Å². The second-order valence-electron chi connectivity index (χ2n) is 5.05. The molecule has 0 aliphatic heterocycles. The first-order chi connectivity index (χ1) is 10.2. The molecule has 1 heterocycles. The number of carbonyl (C=O) groups is 1. The number of rotatable bonds is 7. The zero-order chi connectivity index (χ0) is 15.1. The highest BCUT2D eigenvalue weighted by Gasteiger charge is 2.22. The molecule has 0 fully saturated rings. The van der Waals surface area contributed by atoms with E-state index in [1.165, 1.54) is 7.11 Å². The molecule has 1 N–H and O–H groups in total. The Morgan fingerprint density at radius 2 is 2.00 bits per heavy atom. The van der Waals surface area contributed by atoms with Gasteiger partial charge in [0.15, 0.2) is 0 Å². The van der Waals surface area contributed by atoms with Gasteiger partial charge >= 0.3 is 5.97 Å². The van der Waals surface area contributed by atoms with Crippen LogP contribution in [0.1, 0.15) is 30.7 Å². The van der Waals surface area contributed by atoms with Crippen LogP contribution < -0.4 is 5.32 Å². The Labute approximate surface area is 125 Å². The number of benzene rings is 1. The fraction of sp³-hybridized carbons (Fsp3) is 0.353. The standard InChI is InChI=1S/C17H21NO3/c1-13(10-11-15-9-6-12-21-15)18-16(17(19)20-2)14-7-4-3-5-8-14/h3-9,12-13,16,18H,10-11H2,1-2H3. The number of hydrogen-bond donors (Lipinski definition) is 1. The summed E-state index contributed by atoms with van der Waals surface area (Å²) in [4.78, 5) is 12.0. The van der Waals surface area contributed by atoms with Crippen molar-refractivity contribution < 1.29 is 13.9 Å². The van der Waals surface area contributed by atoms with Gasteiger partial charge in [0, 0.05) is 12.5 Å².